The fraction of sp³-hybridized carbons (Fsp3) is 0.417. The minimum Gasteiger partial charge on any atom is -0.435 e. The molecule has 112 valence electrons. The molecule has 9 heteroatoms. The van der Waals surface area contributed by atoms with Crippen LogP contribution < -0.4 is 4.48 Å². The second kappa shape index (κ2) is 5.09. The van der Waals surface area contributed by atoms with Crippen LogP contribution in [0.3, 0.4) is 0 Å². The maximum Gasteiger partial charge on any atom is 0.519 e. The van der Waals surface area contributed by atoms with E-state index in [0.717, 1.165) is 12.1 Å². The van der Waals surface area contributed by atoms with Crippen molar-refractivity contribution in [3.63, 3.8) is 0 Å². The topological polar surface area (TPSA) is 124 Å². The predicted molar refractivity (Wildman–Crippen MR) is 73.1 cm³/mol. The second-order valence-electron chi connectivity index (χ2n) is 5.05. The second-order valence-corrected chi connectivity index (χ2v) is 5.05. The van der Waals surface area contributed by atoms with Crippen LogP contribution in [0.1, 0.15) is 19.8 Å². The summed E-state index contributed by atoms with van der Waals surface area (Å²) in [5.41, 5.74) is -0.968. The zero-order chi connectivity index (χ0) is 15.8. The summed E-state index contributed by atoms with van der Waals surface area (Å²) in [4.78, 5) is 32.2. The van der Waals surface area contributed by atoms with Gasteiger partial charge in [-0.3, -0.25) is 20.2 Å². The molecule has 1 N–H and O–H groups in total. The van der Waals surface area contributed by atoms with E-state index in [1.54, 1.807) is 6.92 Å². The molecule has 0 radical (unpaired) electrons. The van der Waals surface area contributed by atoms with Crippen LogP contribution in [0.25, 0.3) is 0 Å². The molecular weight excluding hydrogens is 282 g/mol. The fourth-order valence-corrected chi connectivity index (χ4v) is 2.93. The lowest BCUT2D eigenvalue weighted by molar-refractivity contribution is -0.394. The molecule has 1 aliphatic heterocycles. The summed E-state index contributed by atoms with van der Waals surface area (Å²) in [7, 11) is 0. The number of hydrogen-bond acceptors (Lipinski definition) is 5. The van der Waals surface area contributed by atoms with Gasteiger partial charge in [-0.2, -0.15) is 9.28 Å². The highest BCUT2D eigenvalue weighted by atomic mass is 16.6. The minimum absolute atomic E-state index is 0.0110. The van der Waals surface area contributed by atoms with Crippen LogP contribution in [0.2, 0.25) is 0 Å². The van der Waals surface area contributed by atoms with E-state index in [2.05, 4.69) is 0 Å². The third-order valence-electron chi connectivity index (χ3n) is 4.02. The van der Waals surface area contributed by atoms with Crippen molar-refractivity contribution in [2.75, 3.05) is 6.54 Å². The Balaban J connectivity index is 2.69. The highest BCUT2D eigenvalue weighted by molar-refractivity contribution is 5.86. The standard InChI is InChI=1S/C12H13N3O6/c1-8-3-2-6-15(8,12(16)17)11-5-4-9(13(18)19)7-10(11)14(20)21/h4-5,7-8H,2-3,6H2,1H3/p+1/t8-,15?/m1/s1. The molecule has 1 unspecified atom stereocenters. The van der Waals surface area contributed by atoms with Crippen molar-refractivity contribution in [2.45, 2.75) is 25.8 Å². The number of rotatable bonds is 3. The molecule has 2 atom stereocenters. The molecule has 9 nitrogen and oxygen atoms in total. The van der Waals surface area contributed by atoms with Crippen LogP contribution in [0.15, 0.2) is 18.2 Å². The fourth-order valence-electron chi connectivity index (χ4n) is 2.93. The van der Waals surface area contributed by atoms with Gasteiger partial charge in [0.05, 0.1) is 16.4 Å². The zero-order valence-electron chi connectivity index (χ0n) is 11.3. The van der Waals surface area contributed by atoms with Gasteiger partial charge in [-0.05, 0) is 6.92 Å². The summed E-state index contributed by atoms with van der Waals surface area (Å²) < 4.78 is -0.561. The first-order valence-corrected chi connectivity index (χ1v) is 6.35. The van der Waals surface area contributed by atoms with Gasteiger partial charge < -0.3 is 5.11 Å². The zero-order valence-corrected chi connectivity index (χ0v) is 11.3. The average molecular weight is 296 g/mol. The Kier molecular flexibility index (Phi) is 3.60. The monoisotopic (exact) mass is 296 g/mol. The Morgan fingerprint density at radius 1 is 1.33 bits per heavy atom. The van der Waals surface area contributed by atoms with Gasteiger partial charge in [-0.1, -0.05) is 0 Å². The molecule has 21 heavy (non-hydrogen) atoms. The molecule has 0 bridgehead atoms. The number of carbonyl (C=O) groups is 1. The first-order chi connectivity index (χ1) is 9.80. The molecule has 1 aromatic rings. The van der Waals surface area contributed by atoms with Crippen molar-refractivity contribution >= 4 is 23.2 Å². The van der Waals surface area contributed by atoms with Gasteiger partial charge in [0.1, 0.15) is 12.1 Å². The summed E-state index contributed by atoms with van der Waals surface area (Å²) in [6.07, 6.45) is 0.0687. The molecule has 0 aliphatic carbocycles. The predicted octanol–water partition coefficient (Wildman–Crippen LogP) is 2.67. The highest BCUT2D eigenvalue weighted by Gasteiger charge is 2.52. The number of nitrogens with zero attached hydrogens (tertiary/aromatic N) is 3. The molecule has 1 saturated heterocycles. The SMILES string of the molecule is C[C@@H]1CCC[N+]1(C(=O)O)c1ccc([N+](=O)[O-])cc1[N+](=O)[O-]. The van der Waals surface area contributed by atoms with E-state index in [4.69, 9.17) is 0 Å². The summed E-state index contributed by atoms with van der Waals surface area (Å²) in [5, 5.41) is 31.5. The van der Waals surface area contributed by atoms with Gasteiger partial charge in [0.2, 0.25) is 5.69 Å². The molecule has 0 spiro atoms. The average Bonchev–Trinajstić information content (AvgIpc) is 2.80. The van der Waals surface area contributed by atoms with Crippen LogP contribution in [0.4, 0.5) is 21.9 Å². The van der Waals surface area contributed by atoms with Crippen molar-refractivity contribution in [1.82, 2.24) is 4.48 Å². The van der Waals surface area contributed by atoms with Gasteiger partial charge in [0.15, 0.2) is 0 Å². The smallest absolute Gasteiger partial charge is 0.435 e. The molecule has 1 aliphatic rings. The van der Waals surface area contributed by atoms with Gasteiger partial charge in [-0.25, -0.2) is 0 Å². The lowest BCUT2D eigenvalue weighted by atomic mass is 10.1. The van der Waals surface area contributed by atoms with Crippen LogP contribution in [0.5, 0.6) is 0 Å². The number of benzene rings is 1. The first-order valence-electron chi connectivity index (χ1n) is 6.35. The van der Waals surface area contributed by atoms with Crippen molar-refractivity contribution in [3.8, 4) is 0 Å². The van der Waals surface area contributed by atoms with Crippen molar-refractivity contribution < 1.29 is 19.7 Å². The Bertz CT molecular complexity index is 631. The third-order valence-corrected chi connectivity index (χ3v) is 4.02. The Morgan fingerprint density at radius 3 is 2.43 bits per heavy atom. The summed E-state index contributed by atoms with van der Waals surface area (Å²) in [6, 6.07) is 2.79. The molecular formula is C12H14N3O6+. The number of likely N-dealkylation sites (tertiary alicyclic amines) is 1. The maximum absolute atomic E-state index is 11.7. The van der Waals surface area contributed by atoms with E-state index in [-0.39, 0.29) is 18.3 Å². The van der Waals surface area contributed by atoms with Crippen molar-refractivity contribution in [1.29, 1.82) is 0 Å². The number of nitro groups is 2. The maximum atomic E-state index is 11.7. The molecule has 0 saturated carbocycles. The molecule has 1 amide bonds. The summed E-state index contributed by atoms with van der Waals surface area (Å²) in [5.74, 6) is 0. The van der Waals surface area contributed by atoms with E-state index in [0.29, 0.717) is 12.8 Å². The van der Waals surface area contributed by atoms with Gasteiger partial charge in [0.25, 0.3) is 5.69 Å². The van der Waals surface area contributed by atoms with Crippen molar-refractivity contribution in [2.24, 2.45) is 0 Å². The Labute approximate surface area is 119 Å². The van der Waals surface area contributed by atoms with E-state index >= 15 is 0 Å². The summed E-state index contributed by atoms with van der Waals surface area (Å²) >= 11 is 0. The molecule has 1 heterocycles. The van der Waals surface area contributed by atoms with E-state index in [1.807, 2.05) is 0 Å². The van der Waals surface area contributed by atoms with Crippen LogP contribution in [0, 0.1) is 20.2 Å². The molecule has 1 aromatic carbocycles. The van der Waals surface area contributed by atoms with Crippen LogP contribution >= 0.6 is 0 Å². The normalized spacial score (nSPS) is 24.7. The number of amides is 1. The van der Waals surface area contributed by atoms with Gasteiger partial charge in [0, 0.05) is 25.0 Å². The Morgan fingerprint density at radius 2 is 2.00 bits per heavy atom. The quantitative estimate of drug-likeness (QED) is 0.519. The lowest BCUT2D eigenvalue weighted by Gasteiger charge is -2.31. The Hall–Kier alpha value is -2.55. The molecule has 1 fully saturated rings. The van der Waals surface area contributed by atoms with Crippen LogP contribution in [-0.2, 0) is 0 Å². The van der Waals surface area contributed by atoms with E-state index < -0.39 is 31.8 Å². The number of quaternary nitrogens is 1. The number of non-ortho nitro benzene ring substituents is 1. The third kappa shape index (κ3) is 2.21. The summed E-state index contributed by atoms with van der Waals surface area (Å²) in [6.45, 7) is 1.95. The minimum atomic E-state index is -1.18. The van der Waals surface area contributed by atoms with Crippen LogP contribution in [-0.4, -0.2) is 33.6 Å². The number of carboxylic acid groups (broad SMARTS) is 1. The van der Waals surface area contributed by atoms with Crippen molar-refractivity contribution in [3.05, 3.63) is 38.4 Å². The molecule has 2 rings (SSSR count). The molecule has 0 aromatic heterocycles. The largest absolute Gasteiger partial charge is 0.519 e. The van der Waals surface area contributed by atoms with Gasteiger partial charge in [-0.15, -0.1) is 0 Å². The highest BCUT2D eigenvalue weighted by Crippen LogP contribution is 2.42. The van der Waals surface area contributed by atoms with E-state index in [1.165, 1.54) is 6.07 Å². The lowest BCUT2D eigenvalue weighted by Crippen LogP contribution is -2.56. The van der Waals surface area contributed by atoms with Gasteiger partial charge >= 0.3 is 11.8 Å². The first kappa shape index (κ1) is 14.9. The number of hydrogen-bond donors (Lipinski definition) is 1. The number of nitro benzene ring substituents is 2. The van der Waals surface area contributed by atoms with E-state index in [9.17, 15) is 30.1 Å².